The van der Waals surface area contributed by atoms with Crippen LogP contribution in [0.4, 0.5) is 16.2 Å². The highest BCUT2D eigenvalue weighted by molar-refractivity contribution is 6.01. The zero-order chi connectivity index (χ0) is 45.6. The molecule has 0 unspecified atom stereocenters. The van der Waals surface area contributed by atoms with E-state index in [9.17, 15) is 4.79 Å². The largest absolute Gasteiger partial charge is 0.441 e. The molecular weight excluding hydrogens is 861 g/mol. The Labute approximate surface area is 382 Å². The van der Waals surface area contributed by atoms with Crippen LogP contribution in [-0.2, 0) is 0 Å². The number of carbonyl (C=O) groups is 1. The molecule has 15 nitrogen and oxygen atoms in total. The Balaban J connectivity index is 0.836. The number of oxazole rings is 6. The first-order valence-corrected chi connectivity index (χ1v) is 21.3. The number of rotatable bonds is 7. The number of benzene rings is 7. The minimum Gasteiger partial charge on any atom is -0.441 e. The van der Waals surface area contributed by atoms with Gasteiger partial charge in [-0.05, 0) is 73.7 Å². The van der Waals surface area contributed by atoms with E-state index in [0.29, 0.717) is 118 Å². The van der Waals surface area contributed by atoms with Crippen molar-refractivity contribution in [2.45, 2.75) is 13.8 Å². The molecule has 0 spiro atoms. The van der Waals surface area contributed by atoms with E-state index in [2.05, 4.69) is 21.5 Å². The Morgan fingerprint density at radius 3 is 1.31 bits per heavy atom. The van der Waals surface area contributed by atoms with Gasteiger partial charge in [0.05, 0.1) is 0 Å². The summed E-state index contributed by atoms with van der Waals surface area (Å²) in [6.07, 6.45) is 5.60. The van der Waals surface area contributed by atoms with Crippen molar-refractivity contribution in [2.24, 2.45) is 0 Å². The van der Waals surface area contributed by atoms with Gasteiger partial charge in [-0.15, -0.1) is 6.42 Å². The van der Waals surface area contributed by atoms with Crippen LogP contribution in [-0.4, -0.2) is 35.9 Å². The lowest BCUT2D eigenvalue weighted by Gasteiger charge is -2.10. The van der Waals surface area contributed by atoms with Crippen LogP contribution in [0.2, 0.25) is 0 Å². The molecule has 7 aromatic carbocycles. The molecule has 0 aliphatic heterocycles. The summed E-state index contributed by atoms with van der Waals surface area (Å²) in [6.45, 7) is 3.82. The highest BCUT2D eigenvalue weighted by Crippen LogP contribution is 2.37. The van der Waals surface area contributed by atoms with Gasteiger partial charge in [0.2, 0.25) is 29.5 Å². The summed E-state index contributed by atoms with van der Waals surface area (Å²) in [5.74, 6) is 5.04. The molecule has 13 aromatic rings. The molecule has 0 aliphatic carbocycles. The number of fused-ring (bicyclic) bond motifs is 6. The molecule has 324 valence electrons. The van der Waals surface area contributed by atoms with Gasteiger partial charge >= 0.3 is 6.03 Å². The third-order valence-corrected chi connectivity index (χ3v) is 11.4. The Bertz CT molecular complexity index is 4100. The maximum Gasteiger partial charge on any atom is 0.323 e. The number of nitrogens with zero attached hydrogens (tertiary/aromatic N) is 6. The zero-order valence-electron chi connectivity index (χ0n) is 35.7. The minimum absolute atomic E-state index is 0.270. The second-order valence-electron chi connectivity index (χ2n) is 16.2. The quantitative estimate of drug-likeness (QED) is 0.143. The monoisotopic (exact) mass is 890 g/mol. The lowest BCUT2D eigenvalue weighted by molar-refractivity contribution is 0.262. The van der Waals surface area contributed by atoms with Crippen molar-refractivity contribution < 1.29 is 31.3 Å². The van der Waals surface area contributed by atoms with Crippen molar-refractivity contribution in [3.8, 4) is 69.6 Å². The number of aryl methyl sites for hydroxylation is 2. The Kier molecular flexibility index (Phi) is 8.45. The first-order chi connectivity index (χ1) is 33.2. The van der Waals surface area contributed by atoms with Gasteiger partial charge in [0.15, 0.2) is 39.4 Å². The molecule has 0 aliphatic rings. The highest BCUT2D eigenvalue weighted by Gasteiger charge is 2.21. The molecule has 15 heteroatoms. The topological polar surface area (TPSA) is 197 Å². The van der Waals surface area contributed by atoms with Crippen molar-refractivity contribution in [3.63, 3.8) is 0 Å². The number of urea groups is 1. The normalized spacial score (nSPS) is 11.7. The molecule has 6 heterocycles. The molecule has 68 heavy (non-hydrogen) atoms. The van der Waals surface area contributed by atoms with Crippen molar-refractivity contribution >= 4 is 84.0 Å². The summed E-state index contributed by atoms with van der Waals surface area (Å²) in [5, 5.41) is 5.77. The Morgan fingerprint density at radius 2 is 0.824 bits per heavy atom. The fraction of sp³-hybridized carbons (Fsp3) is 0.0377. The fourth-order valence-electron chi connectivity index (χ4n) is 8.27. The molecule has 0 fully saturated rings. The number of hydrogen-bond acceptors (Lipinski definition) is 13. The fourth-order valence-corrected chi connectivity index (χ4v) is 8.27. The van der Waals surface area contributed by atoms with E-state index in [4.69, 9.17) is 57.8 Å². The van der Waals surface area contributed by atoms with E-state index in [1.165, 1.54) is 0 Å². The predicted octanol–water partition coefficient (Wildman–Crippen LogP) is 13.1. The van der Waals surface area contributed by atoms with E-state index in [0.717, 1.165) is 22.3 Å². The zero-order valence-corrected chi connectivity index (χ0v) is 35.7. The van der Waals surface area contributed by atoms with E-state index < -0.39 is 6.03 Å². The third kappa shape index (κ3) is 6.84. The van der Waals surface area contributed by atoms with Crippen LogP contribution in [0.3, 0.4) is 0 Å². The predicted molar refractivity (Wildman–Crippen MR) is 256 cm³/mol. The van der Waals surface area contributed by atoms with Crippen LogP contribution in [0.1, 0.15) is 17.0 Å². The molecule has 13 rings (SSSR count). The van der Waals surface area contributed by atoms with Gasteiger partial charge in [-0.1, -0.05) is 35.7 Å². The Morgan fingerprint density at radius 1 is 0.426 bits per heavy atom. The first-order valence-electron chi connectivity index (χ1n) is 21.3. The number of terminal acetylenes is 1. The smallest absolute Gasteiger partial charge is 0.323 e. The van der Waals surface area contributed by atoms with Gasteiger partial charge in [-0.3, -0.25) is 0 Å². The van der Waals surface area contributed by atoms with Crippen LogP contribution in [0.25, 0.3) is 124 Å². The summed E-state index contributed by atoms with van der Waals surface area (Å²) in [7, 11) is 0. The lowest BCUT2D eigenvalue weighted by atomic mass is 10.1. The van der Waals surface area contributed by atoms with Gasteiger partial charge < -0.3 is 37.1 Å². The van der Waals surface area contributed by atoms with Crippen molar-refractivity contribution in [1.82, 2.24) is 29.9 Å². The highest BCUT2D eigenvalue weighted by atomic mass is 16.4. The average molecular weight is 891 g/mol. The van der Waals surface area contributed by atoms with E-state index in [-0.39, 0.29) is 11.8 Å². The molecule has 2 N–H and O–H groups in total. The summed E-state index contributed by atoms with van der Waals surface area (Å²) in [5.41, 5.74) is 13.0. The molecule has 0 radical (unpaired) electrons. The number of carbonyl (C=O) groups excluding carboxylic acids is 1. The second kappa shape index (κ2) is 14.9. The summed E-state index contributed by atoms with van der Waals surface area (Å²) < 4.78 is 37.0. The van der Waals surface area contributed by atoms with Gasteiger partial charge in [-0.2, -0.15) is 0 Å². The maximum atomic E-state index is 13.4. The number of amides is 2. The number of hydrogen-bond donors (Lipinski definition) is 2. The van der Waals surface area contributed by atoms with Crippen LogP contribution in [0.15, 0.2) is 154 Å². The first kappa shape index (κ1) is 38.6. The standard InChI is InChI=1S/C53H30N8O7/c1-4-28-9-6-13-34(15-28)55-53(62)56-35-18-32(51-60-40-24-44-38(22-46(40)67-51)57-48(64-44)29-10-5-8-26(2)14-29)17-33(19-35)52-61-41-25-45-39(23-47(41)68-52)59-50(66-45)31-12-7-11-30(16-31)49-58-37-21-42-36(20-43(37)65-49)54-27(3)63-42/h1,5-25H,2-3H3,(H2,55,56,62). The minimum atomic E-state index is -0.502. The number of anilines is 2. The molecular formula is C53H30N8O7. The SMILES string of the molecule is C#Cc1cccc(NC(=O)Nc2cc(-c3nc4cc5oc(-c6cccc(C)c6)nc5cc4o3)cc(-c3nc4cc5oc(-c6cccc(-c7nc8cc9oc(C)nc9cc8o7)c6)nc5cc4o3)c2)c1. The summed E-state index contributed by atoms with van der Waals surface area (Å²) >= 11 is 0. The number of aromatic nitrogens is 6. The van der Waals surface area contributed by atoms with Crippen LogP contribution < -0.4 is 10.6 Å². The van der Waals surface area contributed by atoms with E-state index >= 15 is 0 Å². The maximum absolute atomic E-state index is 13.4. The lowest BCUT2D eigenvalue weighted by Crippen LogP contribution is -2.19. The summed E-state index contributed by atoms with van der Waals surface area (Å²) in [4.78, 5) is 41.8. The Hall–Kier alpha value is -9.81. The second-order valence-corrected chi connectivity index (χ2v) is 16.2. The van der Waals surface area contributed by atoms with Gasteiger partial charge in [0, 0.05) is 88.1 Å². The van der Waals surface area contributed by atoms with E-state index in [1.807, 2.05) is 73.7 Å². The van der Waals surface area contributed by atoms with Gasteiger partial charge in [0.25, 0.3) is 0 Å². The molecule has 6 aromatic heterocycles. The summed E-state index contributed by atoms with van der Waals surface area (Å²) in [6, 6.07) is 38.2. The molecule has 0 atom stereocenters. The average Bonchev–Trinajstić information content (AvgIpc) is 4.21. The van der Waals surface area contributed by atoms with Crippen molar-refractivity contribution in [3.05, 3.63) is 144 Å². The molecule has 2 amide bonds. The third-order valence-electron chi connectivity index (χ3n) is 11.4. The molecule has 0 saturated carbocycles. The van der Waals surface area contributed by atoms with Gasteiger partial charge in [0.1, 0.15) is 33.1 Å². The molecule has 0 bridgehead atoms. The molecule has 0 saturated heterocycles. The van der Waals surface area contributed by atoms with Crippen molar-refractivity contribution in [1.29, 1.82) is 0 Å². The van der Waals surface area contributed by atoms with Crippen LogP contribution >= 0.6 is 0 Å². The van der Waals surface area contributed by atoms with Crippen LogP contribution in [0, 0.1) is 26.2 Å². The van der Waals surface area contributed by atoms with Crippen molar-refractivity contribution in [2.75, 3.05) is 10.6 Å². The number of nitrogens with one attached hydrogen (secondary N) is 2. The van der Waals surface area contributed by atoms with Crippen LogP contribution in [0.5, 0.6) is 0 Å². The van der Waals surface area contributed by atoms with E-state index in [1.54, 1.807) is 67.6 Å². The van der Waals surface area contributed by atoms with Gasteiger partial charge in [-0.25, -0.2) is 34.7 Å².